The first-order valence-electron chi connectivity index (χ1n) is 4.47. The summed E-state index contributed by atoms with van der Waals surface area (Å²) in [7, 11) is 0. The van der Waals surface area contributed by atoms with Gasteiger partial charge in [0.15, 0.2) is 0 Å². The third-order valence-corrected chi connectivity index (χ3v) is 3.27. The molecule has 1 saturated heterocycles. The predicted molar refractivity (Wildman–Crippen MR) is 54.0 cm³/mol. The van der Waals surface area contributed by atoms with Gasteiger partial charge in [0.1, 0.15) is 0 Å². The summed E-state index contributed by atoms with van der Waals surface area (Å²) in [6, 6.07) is 0.180. The highest BCUT2D eigenvalue weighted by atomic mass is 32.2. The third kappa shape index (κ3) is 3.54. The van der Waals surface area contributed by atoms with E-state index in [4.69, 9.17) is 10.8 Å². The van der Waals surface area contributed by atoms with Gasteiger partial charge in [0.05, 0.1) is 6.42 Å². The number of carboxylic acid groups (broad SMARTS) is 1. The van der Waals surface area contributed by atoms with E-state index in [1.807, 2.05) is 11.8 Å². The van der Waals surface area contributed by atoms with Crippen LogP contribution in [0, 0.1) is 0 Å². The van der Waals surface area contributed by atoms with E-state index in [2.05, 4.69) is 4.90 Å². The normalized spacial score (nSPS) is 24.5. The minimum absolute atomic E-state index is 0.180. The quantitative estimate of drug-likeness (QED) is 0.666. The maximum Gasteiger partial charge on any atom is 0.304 e. The molecule has 13 heavy (non-hydrogen) atoms. The maximum absolute atomic E-state index is 10.6. The third-order valence-electron chi connectivity index (χ3n) is 2.18. The molecule has 1 unspecified atom stereocenters. The Morgan fingerprint density at radius 3 is 3.08 bits per heavy atom. The Labute approximate surface area is 82.5 Å². The van der Waals surface area contributed by atoms with E-state index in [0.717, 1.165) is 24.6 Å². The number of aliphatic carboxylic acids is 1. The Kier molecular flexibility index (Phi) is 4.55. The van der Waals surface area contributed by atoms with E-state index in [9.17, 15) is 4.79 Å². The van der Waals surface area contributed by atoms with Crippen molar-refractivity contribution in [3.8, 4) is 0 Å². The van der Waals surface area contributed by atoms with E-state index >= 15 is 0 Å². The first-order chi connectivity index (χ1) is 6.24. The number of hydrogen-bond acceptors (Lipinski definition) is 4. The molecule has 1 aliphatic heterocycles. The van der Waals surface area contributed by atoms with Crippen LogP contribution in [0.25, 0.3) is 0 Å². The zero-order valence-corrected chi connectivity index (χ0v) is 8.42. The maximum atomic E-state index is 10.6. The molecular formula is C8H16N2O2S. The zero-order valence-electron chi connectivity index (χ0n) is 7.61. The standard InChI is InChI=1S/C8H16N2O2S/c9-1-2-10-3-4-13-6-7(10)5-8(11)12/h7H,1-6,9H2,(H,11,12). The summed E-state index contributed by atoms with van der Waals surface area (Å²) in [5.41, 5.74) is 5.46. The van der Waals surface area contributed by atoms with Gasteiger partial charge in [0, 0.05) is 37.2 Å². The highest BCUT2D eigenvalue weighted by Gasteiger charge is 2.23. The molecule has 0 aromatic heterocycles. The summed E-state index contributed by atoms with van der Waals surface area (Å²) >= 11 is 1.83. The van der Waals surface area contributed by atoms with Gasteiger partial charge in [0.25, 0.3) is 0 Å². The van der Waals surface area contributed by atoms with Gasteiger partial charge in [0.2, 0.25) is 0 Å². The molecule has 1 heterocycles. The lowest BCUT2D eigenvalue weighted by Gasteiger charge is -2.34. The fourth-order valence-corrected chi connectivity index (χ4v) is 2.67. The second-order valence-electron chi connectivity index (χ2n) is 3.15. The SMILES string of the molecule is NCCN1CCSCC1CC(=O)O. The predicted octanol–water partition coefficient (Wildman–Crippen LogP) is -0.163. The molecule has 0 radical (unpaired) electrons. The van der Waals surface area contributed by atoms with Crippen molar-refractivity contribution >= 4 is 17.7 Å². The Morgan fingerprint density at radius 1 is 1.69 bits per heavy atom. The molecule has 5 heteroatoms. The number of thioether (sulfide) groups is 1. The Morgan fingerprint density at radius 2 is 2.46 bits per heavy atom. The largest absolute Gasteiger partial charge is 0.481 e. The molecule has 1 fully saturated rings. The van der Waals surface area contributed by atoms with Crippen LogP contribution in [0.2, 0.25) is 0 Å². The van der Waals surface area contributed by atoms with Crippen molar-refractivity contribution in [3.63, 3.8) is 0 Å². The van der Waals surface area contributed by atoms with E-state index in [1.165, 1.54) is 0 Å². The molecule has 0 aromatic carbocycles. The molecule has 0 bridgehead atoms. The second-order valence-corrected chi connectivity index (χ2v) is 4.30. The molecular weight excluding hydrogens is 188 g/mol. The van der Waals surface area contributed by atoms with Crippen LogP contribution in [0.1, 0.15) is 6.42 Å². The molecule has 1 aliphatic rings. The van der Waals surface area contributed by atoms with Crippen LogP contribution in [-0.4, -0.2) is 53.2 Å². The minimum Gasteiger partial charge on any atom is -0.481 e. The molecule has 76 valence electrons. The number of carbonyl (C=O) groups is 1. The average molecular weight is 204 g/mol. The monoisotopic (exact) mass is 204 g/mol. The number of nitrogens with zero attached hydrogens (tertiary/aromatic N) is 1. The summed E-state index contributed by atoms with van der Waals surface area (Å²) in [6.45, 7) is 2.40. The highest BCUT2D eigenvalue weighted by molar-refractivity contribution is 7.99. The van der Waals surface area contributed by atoms with Gasteiger partial charge < -0.3 is 10.8 Å². The fourth-order valence-electron chi connectivity index (χ4n) is 1.54. The highest BCUT2D eigenvalue weighted by Crippen LogP contribution is 2.18. The second kappa shape index (κ2) is 5.47. The van der Waals surface area contributed by atoms with Crippen molar-refractivity contribution in [2.45, 2.75) is 12.5 Å². The minimum atomic E-state index is -0.713. The van der Waals surface area contributed by atoms with E-state index in [1.54, 1.807) is 0 Å². The van der Waals surface area contributed by atoms with Crippen LogP contribution in [0.15, 0.2) is 0 Å². The number of rotatable bonds is 4. The lowest BCUT2D eigenvalue weighted by atomic mass is 10.2. The number of carboxylic acids is 1. The molecule has 0 aliphatic carbocycles. The molecule has 0 spiro atoms. The Bertz CT molecular complexity index is 176. The summed E-state index contributed by atoms with van der Waals surface area (Å²) in [4.78, 5) is 12.7. The Hall–Kier alpha value is -0.260. The van der Waals surface area contributed by atoms with Gasteiger partial charge >= 0.3 is 5.97 Å². The molecule has 0 aromatic rings. The van der Waals surface area contributed by atoms with Crippen molar-refractivity contribution < 1.29 is 9.90 Å². The number of nitrogens with two attached hydrogens (primary N) is 1. The molecule has 1 atom stereocenters. The zero-order chi connectivity index (χ0) is 9.68. The Balaban J connectivity index is 2.41. The van der Waals surface area contributed by atoms with Crippen LogP contribution < -0.4 is 5.73 Å². The van der Waals surface area contributed by atoms with Crippen molar-refractivity contribution in [2.75, 3.05) is 31.1 Å². The van der Waals surface area contributed by atoms with Crippen molar-refractivity contribution in [1.82, 2.24) is 4.90 Å². The number of hydrogen-bond donors (Lipinski definition) is 2. The smallest absolute Gasteiger partial charge is 0.304 e. The fraction of sp³-hybridized carbons (Fsp3) is 0.875. The van der Waals surface area contributed by atoms with Gasteiger partial charge in [-0.3, -0.25) is 9.69 Å². The van der Waals surface area contributed by atoms with Gasteiger partial charge in [-0.2, -0.15) is 11.8 Å². The van der Waals surface area contributed by atoms with Crippen LogP contribution in [0.3, 0.4) is 0 Å². The van der Waals surface area contributed by atoms with Crippen LogP contribution in [-0.2, 0) is 4.79 Å². The summed E-state index contributed by atoms with van der Waals surface area (Å²) in [6.07, 6.45) is 0.243. The molecule has 0 saturated carbocycles. The lowest BCUT2D eigenvalue weighted by Crippen LogP contribution is -2.45. The average Bonchev–Trinajstić information content (AvgIpc) is 2.08. The van der Waals surface area contributed by atoms with Crippen molar-refractivity contribution in [1.29, 1.82) is 0 Å². The summed E-state index contributed by atoms with van der Waals surface area (Å²) < 4.78 is 0. The van der Waals surface area contributed by atoms with Crippen LogP contribution in [0.4, 0.5) is 0 Å². The summed E-state index contributed by atoms with van der Waals surface area (Å²) in [5.74, 6) is 1.30. The van der Waals surface area contributed by atoms with Gasteiger partial charge in [-0.15, -0.1) is 0 Å². The molecule has 4 nitrogen and oxygen atoms in total. The van der Waals surface area contributed by atoms with Crippen LogP contribution >= 0.6 is 11.8 Å². The van der Waals surface area contributed by atoms with Crippen molar-refractivity contribution in [2.24, 2.45) is 5.73 Å². The van der Waals surface area contributed by atoms with Gasteiger partial charge in [-0.25, -0.2) is 0 Å². The van der Waals surface area contributed by atoms with Gasteiger partial charge in [-0.05, 0) is 0 Å². The molecule has 0 amide bonds. The first kappa shape index (κ1) is 10.8. The first-order valence-corrected chi connectivity index (χ1v) is 5.63. The summed E-state index contributed by atoms with van der Waals surface area (Å²) in [5, 5.41) is 8.68. The topological polar surface area (TPSA) is 66.6 Å². The lowest BCUT2D eigenvalue weighted by molar-refractivity contribution is -0.138. The van der Waals surface area contributed by atoms with E-state index in [-0.39, 0.29) is 12.5 Å². The van der Waals surface area contributed by atoms with Crippen molar-refractivity contribution in [3.05, 3.63) is 0 Å². The van der Waals surface area contributed by atoms with E-state index < -0.39 is 5.97 Å². The van der Waals surface area contributed by atoms with Crippen LogP contribution in [0.5, 0.6) is 0 Å². The van der Waals surface area contributed by atoms with Gasteiger partial charge in [-0.1, -0.05) is 0 Å². The molecule has 3 N–H and O–H groups in total. The van der Waals surface area contributed by atoms with E-state index in [0.29, 0.717) is 6.54 Å². The molecule has 1 rings (SSSR count).